The average Bonchev–Trinajstić information content (AvgIpc) is 3.11. The monoisotopic (exact) mass is 403 g/mol. The minimum atomic E-state index is -3.67. The second kappa shape index (κ2) is 9.98. The first-order valence-corrected chi connectivity index (χ1v) is 11.0. The smallest absolute Gasteiger partial charge is 0.232 e. The highest BCUT2D eigenvalue weighted by Gasteiger charge is 2.19. The average molecular weight is 403 g/mol. The molecule has 1 fully saturated rings. The highest BCUT2D eigenvalue weighted by atomic mass is 32.2. The number of halogens is 2. The Hall–Kier alpha value is -1.74. The molecule has 1 aromatic carbocycles. The van der Waals surface area contributed by atoms with E-state index in [1.54, 1.807) is 0 Å². The number of hydrogen-bond acceptors (Lipinski definition) is 4. The number of rotatable bonds is 10. The summed E-state index contributed by atoms with van der Waals surface area (Å²) in [6.45, 7) is 3.83. The summed E-state index contributed by atoms with van der Waals surface area (Å²) in [4.78, 5) is 14.3. The molecule has 1 aliphatic heterocycles. The number of amides is 1. The summed E-state index contributed by atoms with van der Waals surface area (Å²) in [5.41, 5.74) is 0.0439. The topological polar surface area (TPSA) is 69.7 Å². The number of sulfonamides is 1. The molecule has 0 aromatic heterocycles. The lowest BCUT2D eigenvalue weighted by Gasteiger charge is -2.22. The highest BCUT2D eigenvalue weighted by Crippen LogP contribution is 2.21. The zero-order valence-corrected chi connectivity index (χ0v) is 16.4. The van der Waals surface area contributed by atoms with Crippen molar-refractivity contribution in [3.05, 3.63) is 29.8 Å². The van der Waals surface area contributed by atoms with Crippen molar-refractivity contribution in [3.8, 4) is 0 Å². The van der Waals surface area contributed by atoms with Crippen LogP contribution in [0, 0.1) is 11.6 Å². The second-order valence-electron chi connectivity index (χ2n) is 6.79. The molecule has 0 saturated carbocycles. The van der Waals surface area contributed by atoms with Crippen molar-refractivity contribution < 1.29 is 22.0 Å². The summed E-state index contributed by atoms with van der Waals surface area (Å²) in [5, 5.41) is 2.83. The molecule has 1 N–H and O–H groups in total. The number of carbonyl (C=O) groups excluding carboxylic acids is 1. The van der Waals surface area contributed by atoms with E-state index in [-0.39, 0.29) is 31.0 Å². The molecule has 0 aliphatic carbocycles. The first kappa shape index (κ1) is 21.6. The number of hydrogen-bond donors (Lipinski definition) is 1. The summed E-state index contributed by atoms with van der Waals surface area (Å²) in [5.74, 6) is -2.30. The Bertz CT molecular complexity index is 737. The Morgan fingerprint density at radius 2 is 1.89 bits per heavy atom. The fraction of sp³-hybridized carbons (Fsp3) is 0.611. The van der Waals surface area contributed by atoms with Crippen LogP contribution in [0.4, 0.5) is 14.5 Å². The van der Waals surface area contributed by atoms with Crippen LogP contribution in [0.1, 0.15) is 32.1 Å². The Morgan fingerprint density at radius 1 is 1.19 bits per heavy atom. The second-order valence-corrected chi connectivity index (χ2v) is 8.70. The molecule has 1 aromatic rings. The third kappa shape index (κ3) is 7.06. The molecule has 0 bridgehead atoms. The number of benzene rings is 1. The molecule has 1 heterocycles. The van der Waals surface area contributed by atoms with Crippen LogP contribution in [0.5, 0.6) is 0 Å². The van der Waals surface area contributed by atoms with Crippen molar-refractivity contribution in [2.45, 2.75) is 32.1 Å². The maximum Gasteiger partial charge on any atom is 0.232 e. The summed E-state index contributed by atoms with van der Waals surface area (Å²) >= 11 is 0. The van der Waals surface area contributed by atoms with Crippen molar-refractivity contribution in [1.82, 2.24) is 10.2 Å². The van der Waals surface area contributed by atoms with Crippen LogP contribution < -0.4 is 9.62 Å². The number of nitrogens with zero attached hydrogens (tertiary/aromatic N) is 2. The van der Waals surface area contributed by atoms with Gasteiger partial charge in [-0.1, -0.05) is 0 Å². The Balaban J connectivity index is 1.76. The third-order valence-electron chi connectivity index (χ3n) is 4.53. The molecule has 1 saturated heterocycles. The van der Waals surface area contributed by atoms with Gasteiger partial charge in [-0.3, -0.25) is 9.10 Å². The molecular weight excluding hydrogens is 376 g/mol. The quantitative estimate of drug-likeness (QED) is 0.608. The van der Waals surface area contributed by atoms with Crippen LogP contribution in [-0.2, 0) is 14.8 Å². The van der Waals surface area contributed by atoms with E-state index in [2.05, 4.69) is 10.2 Å². The third-order valence-corrected chi connectivity index (χ3v) is 5.72. The van der Waals surface area contributed by atoms with E-state index in [9.17, 15) is 22.0 Å². The van der Waals surface area contributed by atoms with Crippen molar-refractivity contribution >= 4 is 21.6 Å². The molecule has 1 amide bonds. The predicted octanol–water partition coefficient (Wildman–Crippen LogP) is 2.11. The Labute approximate surface area is 159 Å². The van der Waals surface area contributed by atoms with E-state index >= 15 is 0 Å². The lowest BCUT2D eigenvalue weighted by Crippen LogP contribution is -2.32. The molecule has 2 rings (SSSR count). The van der Waals surface area contributed by atoms with Crippen molar-refractivity contribution in [3.63, 3.8) is 0 Å². The van der Waals surface area contributed by atoms with E-state index in [1.807, 2.05) is 0 Å². The van der Waals surface area contributed by atoms with Gasteiger partial charge >= 0.3 is 0 Å². The molecule has 152 valence electrons. The van der Waals surface area contributed by atoms with Gasteiger partial charge in [0.1, 0.15) is 0 Å². The van der Waals surface area contributed by atoms with Gasteiger partial charge in [0.05, 0.1) is 11.9 Å². The first-order valence-electron chi connectivity index (χ1n) is 9.19. The summed E-state index contributed by atoms with van der Waals surface area (Å²) < 4.78 is 51.3. The standard InChI is InChI=1S/C18H27F2N3O3S/c1-27(25,26)23(15-7-8-16(19)17(20)14-15)13-4-6-18(24)21-9-5-12-22-10-2-3-11-22/h7-8,14H,2-6,9-13H2,1H3,(H,21,24). The van der Waals surface area contributed by atoms with E-state index in [0.717, 1.165) is 48.7 Å². The first-order chi connectivity index (χ1) is 12.8. The number of anilines is 1. The van der Waals surface area contributed by atoms with Crippen molar-refractivity contribution in [2.75, 3.05) is 43.3 Å². The normalized spacial score (nSPS) is 15.1. The van der Waals surface area contributed by atoms with Crippen LogP contribution in [0.2, 0.25) is 0 Å². The van der Waals surface area contributed by atoms with Gasteiger partial charge in [-0.25, -0.2) is 17.2 Å². The van der Waals surface area contributed by atoms with Crippen LogP contribution >= 0.6 is 0 Å². The van der Waals surface area contributed by atoms with Gasteiger partial charge in [0.15, 0.2) is 11.6 Å². The molecule has 1 aliphatic rings. The van der Waals surface area contributed by atoms with Gasteiger partial charge in [-0.15, -0.1) is 0 Å². The van der Waals surface area contributed by atoms with Gasteiger partial charge in [-0.2, -0.15) is 0 Å². The van der Waals surface area contributed by atoms with Gasteiger partial charge in [0.2, 0.25) is 15.9 Å². The van der Waals surface area contributed by atoms with Gasteiger partial charge in [-0.05, 0) is 57.5 Å². The molecule has 27 heavy (non-hydrogen) atoms. The maximum atomic E-state index is 13.4. The largest absolute Gasteiger partial charge is 0.356 e. The number of nitrogens with one attached hydrogen (secondary N) is 1. The van der Waals surface area contributed by atoms with E-state index in [0.29, 0.717) is 6.54 Å². The summed E-state index contributed by atoms with van der Waals surface area (Å²) in [6, 6.07) is 2.93. The van der Waals surface area contributed by atoms with E-state index in [1.165, 1.54) is 18.9 Å². The Morgan fingerprint density at radius 3 is 2.52 bits per heavy atom. The fourth-order valence-electron chi connectivity index (χ4n) is 3.13. The zero-order chi connectivity index (χ0) is 19.9. The fourth-order valence-corrected chi connectivity index (χ4v) is 4.09. The molecule has 0 radical (unpaired) electrons. The Kier molecular flexibility index (Phi) is 7.97. The van der Waals surface area contributed by atoms with E-state index < -0.39 is 21.7 Å². The van der Waals surface area contributed by atoms with Crippen molar-refractivity contribution in [1.29, 1.82) is 0 Å². The molecule has 9 heteroatoms. The maximum absolute atomic E-state index is 13.4. The predicted molar refractivity (Wildman–Crippen MR) is 101 cm³/mol. The van der Waals surface area contributed by atoms with Crippen molar-refractivity contribution in [2.24, 2.45) is 0 Å². The van der Waals surface area contributed by atoms with E-state index in [4.69, 9.17) is 0 Å². The SMILES string of the molecule is CS(=O)(=O)N(CCCC(=O)NCCCN1CCCC1)c1ccc(F)c(F)c1. The lowest BCUT2D eigenvalue weighted by atomic mass is 10.2. The molecule has 6 nitrogen and oxygen atoms in total. The van der Waals surface area contributed by atoms with Crippen LogP contribution in [0.15, 0.2) is 18.2 Å². The number of carbonyl (C=O) groups is 1. The molecule has 0 unspecified atom stereocenters. The summed E-state index contributed by atoms with van der Waals surface area (Å²) in [6.07, 6.45) is 4.80. The van der Waals surface area contributed by atoms with Crippen LogP contribution in [-0.4, -0.2) is 58.2 Å². The minimum absolute atomic E-state index is 0.0190. The number of likely N-dealkylation sites (tertiary alicyclic amines) is 1. The molecule has 0 spiro atoms. The van der Waals surface area contributed by atoms with Crippen LogP contribution in [0.25, 0.3) is 0 Å². The molecular formula is C18H27F2N3O3S. The minimum Gasteiger partial charge on any atom is -0.356 e. The van der Waals surface area contributed by atoms with Gasteiger partial charge in [0, 0.05) is 25.6 Å². The molecule has 0 atom stereocenters. The lowest BCUT2D eigenvalue weighted by molar-refractivity contribution is -0.121. The van der Waals surface area contributed by atoms with Gasteiger partial charge in [0.25, 0.3) is 0 Å². The highest BCUT2D eigenvalue weighted by molar-refractivity contribution is 7.92. The van der Waals surface area contributed by atoms with Gasteiger partial charge < -0.3 is 10.2 Å². The zero-order valence-electron chi connectivity index (χ0n) is 15.6. The van der Waals surface area contributed by atoms with Crippen LogP contribution in [0.3, 0.4) is 0 Å². The summed E-state index contributed by atoms with van der Waals surface area (Å²) in [7, 11) is -3.67.